The van der Waals surface area contributed by atoms with Gasteiger partial charge in [-0.2, -0.15) is 0 Å². The number of esters is 2. The van der Waals surface area contributed by atoms with Gasteiger partial charge in [0.05, 0.1) is 13.2 Å². The van der Waals surface area contributed by atoms with Gasteiger partial charge in [-0.1, -0.05) is 37.8 Å². The highest BCUT2D eigenvalue weighted by atomic mass is 16.6. The Labute approximate surface area is 131 Å². The predicted octanol–water partition coefficient (Wildman–Crippen LogP) is 2.90. The molecular formula is C18H22O4. The SMILES string of the molecule is CCOC(=O)C(C(=O)OCC)c1cccc(C#CC(C)C)c1. The molecule has 0 heterocycles. The third-order valence-electron chi connectivity index (χ3n) is 2.77. The van der Waals surface area contributed by atoms with Crippen LogP contribution in [0.2, 0.25) is 0 Å². The van der Waals surface area contributed by atoms with Crippen molar-refractivity contribution in [2.75, 3.05) is 13.2 Å². The lowest BCUT2D eigenvalue weighted by molar-refractivity contribution is -0.156. The summed E-state index contributed by atoms with van der Waals surface area (Å²) in [6, 6.07) is 7.05. The molecule has 1 aromatic carbocycles. The number of rotatable bonds is 5. The van der Waals surface area contributed by atoms with Crippen molar-refractivity contribution in [3.05, 3.63) is 35.4 Å². The highest BCUT2D eigenvalue weighted by Gasteiger charge is 2.31. The summed E-state index contributed by atoms with van der Waals surface area (Å²) >= 11 is 0. The van der Waals surface area contributed by atoms with Gasteiger partial charge >= 0.3 is 11.9 Å². The molecule has 0 bridgehead atoms. The van der Waals surface area contributed by atoms with Crippen LogP contribution in [-0.4, -0.2) is 25.2 Å². The Balaban J connectivity index is 3.14. The van der Waals surface area contributed by atoms with Crippen molar-refractivity contribution in [2.45, 2.75) is 33.6 Å². The first-order chi connectivity index (χ1) is 10.5. The summed E-state index contributed by atoms with van der Waals surface area (Å²) in [6.07, 6.45) is 0. The van der Waals surface area contributed by atoms with Gasteiger partial charge in [-0.25, -0.2) is 0 Å². The topological polar surface area (TPSA) is 52.6 Å². The van der Waals surface area contributed by atoms with Gasteiger partial charge in [0.2, 0.25) is 0 Å². The Hall–Kier alpha value is -2.28. The van der Waals surface area contributed by atoms with E-state index >= 15 is 0 Å². The van der Waals surface area contributed by atoms with Crippen LogP contribution in [0.3, 0.4) is 0 Å². The molecule has 0 atom stereocenters. The minimum atomic E-state index is -1.07. The Kier molecular flexibility index (Phi) is 7.18. The third kappa shape index (κ3) is 5.25. The molecule has 0 amide bonds. The first-order valence-electron chi connectivity index (χ1n) is 7.44. The van der Waals surface area contributed by atoms with E-state index in [4.69, 9.17) is 9.47 Å². The first kappa shape index (κ1) is 17.8. The zero-order valence-electron chi connectivity index (χ0n) is 13.5. The molecule has 0 N–H and O–H groups in total. The van der Waals surface area contributed by atoms with Gasteiger partial charge < -0.3 is 9.47 Å². The molecule has 4 heteroatoms. The van der Waals surface area contributed by atoms with Gasteiger partial charge in [0.15, 0.2) is 5.92 Å². The smallest absolute Gasteiger partial charge is 0.324 e. The molecule has 22 heavy (non-hydrogen) atoms. The van der Waals surface area contributed by atoms with Crippen molar-refractivity contribution >= 4 is 11.9 Å². The van der Waals surface area contributed by atoms with Crippen molar-refractivity contribution in [1.29, 1.82) is 0 Å². The third-order valence-corrected chi connectivity index (χ3v) is 2.77. The molecule has 0 aliphatic carbocycles. The summed E-state index contributed by atoms with van der Waals surface area (Å²) in [4.78, 5) is 24.2. The molecule has 1 aromatic rings. The fourth-order valence-electron chi connectivity index (χ4n) is 1.84. The second-order valence-corrected chi connectivity index (χ2v) is 4.99. The number of carbonyl (C=O) groups is 2. The largest absolute Gasteiger partial charge is 0.465 e. The van der Waals surface area contributed by atoms with E-state index in [0.717, 1.165) is 5.56 Å². The van der Waals surface area contributed by atoms with Crippen molar-refractivity contribution in [1.82, 2.24) is 0 Å². The van der Waals surface area contributed by atoms with Crippen LogP contribution >= 0.6 is 0 Å². The Morgan fingerprint density at radius 2 is 1.68 bits per heavy atom. The van der Waals surface area contributed by atoms with Crippen molar-refractivity contribution < 1.29 is 19.1 Å². The second kappa shape index (κ2) is 8.89. The number of benzene rings is 1. The minimum absolute atomic E-state index is 0.210. The summed E-state index contributed by atoms with van der Waals surface area (Å²) in [7, 11) is 0. The normalized spacial score (nSPS) is 10.1. The van der Waals surface area contributed by atoms with Gasteiger partial charge in [-0.15, -0.1) is 0 Å². The number of hydrogen-bond acceptors (Lipinski definition) is 4. The molecule has 0 unspecified atom stereocenters. The van der Waals surface area contributed by atoms with E-state index in [1.807, 2.05) is 19.9 Å². The summed E-state index contributed by atoms with van der Waals surface area (Å²) < 4.78 is 9.98. The average Bonchev–Trinajstić information content (AvgIpc) is 2.46. The predicted molar refractivity (Wildman–Crippen MR) is 84.2 cm³/mol. The van der Waals surface area contributed by atoms with Gasteiger partial charge in [0.25, 0.3) is 0 Å². The van der Waals surface area contributed by atoms with E-state index in [1.165, 1.54) is 0 Å². The van der Waals surface area contributed by atoms with Crippen LogP contribution in [0, 0.1) is 17.8 Å². The van der Waals surface area contributed by atoms with Gasteiger partial charge in [0.1, 0.15) is 0 Å². The molecule has 0 fully saturated rings. The number of hydrogen-bond donors (Lipinski definition) is 0. The lowest BCUT2D eigenvalue weighted by Gasteiger charge is -2.14. The zero-order valence-corrected chi connectivity index (χ0v) is 13.5. The lowest BCUT2D eigenvalue weighted by Crippen LogP contribution is -2.26. The fourth-order valence-corrected chi connectivity index (χ4v) is 1.84. The zero-order chi connectivity index (χ0) is 16.5. The molecule has 0 aliphatic rings. The molecule has 0 saturated heterocycles. The van der Waals surface area contributed by atoms with Crippen LogP contribution in [0.4, 0.5) is 0 Å². The Morgan fingerprint density at radius 3 is 2.18 bits per heavy atom. The van der Waals surface area contributed by atoms with Gasteiger partial charge in [-0.3, -0.25) is 9.59 Å². The van der Waals surface area contributed by atoms with Gasteiger partial charge in [-0.05, 0) is 31.5 Å². The molecule has 0 aromatic heterocycles. The molecule has 118 valence electrons. The van der Waals surface area contributed by atoms with Crippen LogP contribution in [0.5, 0.6) is 0 Å². The molecule has 0 saturated carbocycles. The monoisotopic (exact) mass is 302 g/mol. The molecule has 4 nitrogen and oxygen atoms in total. The molecule has 0 radical (unpaired) electrons. The van der Waals surface area contributed by atoms with E-state index in [0.29, 0.717) is 5.56 Å². The fraction of sp³-hybridized carbons (Fsp3) is 0.444. The highest BCUT2D eigenvalue weighted by Crippen LogP contribution is 2.21. The van der Waals surface area contributed by atoms with Gasteiger partial charge in [0, 0.05) is 11.5 Å². The summed E-state index contributed by atoms with van der Waals surface area (Å²) in [6.45, 7) is 7.81. The maximum absolute atomic E-state index is 12.1. The molecule has 1 rings (SSSR count). The minimum Gasteiger partial charge on any atom is -0.465 e. The summed E-state index contributed by atoms with van der Waals surface area (Å²) in [5.41, 5.74) is 1.29. The maximum atomic E-state index is 12.1. The first-order valence-corrected chi connectivity index (χ1v) is 7.44. The van der Waals surface area contributed by atoms with Crippen LogP contribution in [0.1, 0.15) is 44.7 Å². The van der Waals surface area contributed by atoms with Crippen LogP contribution < -0.4 is 0 Å². The maximum Gasteiger partial charge on any atom is 0.324 e. The number of ether oxygens (including phenoxy) is 2. The van der Waals surface area contributed by atoms with Crippen molar-refractivity contribution in [3.8, 4) is 11.8 Å². The second-order valence-electron chi connectivity index (χ2n) is 4.99. The molecule has 0 spiro atoms. The molecular weight excluding hydrogens is 280 g/mol. The number of carbonyl (C=O) groups excluding carboxylic acids is 2. The lowest BCUT2D eigenvalue weighted by atomic mass is 9.97. The van der Waals surface area contributed by atoms with Crippen LogP contribution in [-0.2, 0) is 19.1 Å². The molecule has 0 aliphatic heterocycles. The van der Waals surface area contributed by atoms with Crippen LogP contribution in [0.25, 0.3) is 0 Å². The van der Waals surface area contributed by atoms with E-state index in [2.05, 4.69) is 11.8 Å². The van der Waals surface area contributed by atoms with Crippen LogP contribution in [0.15, 0.2) is 24.3 Å². The summed E-state index contributed by atoms with van der Waals surface area (Å²) in [5.74, 6) is 4.05. The van der Waals surface area contributed by atoms with Crippen molar-refractivity contribution in [3.63, 3.8) is 0 Å². The van der Waals surface area contributed by atoms with Crippen molar-refractivity contribution in [2.24, 2.45) is 5.92 Å². The average molecular weight is 302 g/mol. The standard InChI is InChI=1S/C18H22O4/c1-5-21-17(19)16(18(20)22-6-2)15-9-7-8-14(12-15)11-10-13(3)4/h7-9,12-13,16H,5-6H2,1-4H3. The van der Waals surface area contributed by atoms with E-state index in [1.54, 1.807) is 32.0 Å². The van der Waals surface area contributed by atoms with E-state index in [9.17, 15) is 9.59 Å². The Bertz CT molecular complexity index is 560. The quantitative estimate of drug-likeness (QED) is 0.477. The van der Waals surface area contributed by atoms with E-state index in [-0.39, 0.29) is 19.1 Å². The highest BCUT2D eigenvalue weighted by molar-refractivity contribution is 6.00. The Morgan fingerprint density at radius 1 is 1.09 bits per heavy atom. The summed E-state index contributed by atoms with van der Waals surface area (Å²) in [5, 5.41) is 0. The van der Waals surface area contributed by atoms with E-state index < -0.39 is 17.9 Å².